The molecular formula is C17H12N2OS2. The van der Waals surface area contributed by atoms with Gasteiger partial charge in [0.25, 0.3) is 0 Å². The molecule has 4 rings (SSSR count). The average Bonchev–Trinajstić information content (AvgIpc) is 3.22. The van der Waals surface area contributed by atoms with E-state index in [0.29, 0.717) is 0 Å². The van der Waals surface area contributed by atoms with E-state index in [1.165, 1.54) is 10.5 Å². The lowest BCUT2D eigenvalue weighted by Gasteiger charge is -2.02. The van der Waals surface area contributed by atoms with Crippen LogP contribution in [-0.2, 0) is 5.75 Å². The fraction of sp³-hybridized carbons (Fsp3) is 0.0588. The van der Waals surface area contributed by atoms with Gasteiger partial charge in [-0.15, -0.1) is 23.1 Å². The van der Waals surface area contributed by atoms with Crippen LogP contribution >= 0.6 is 23.1 Å². The first kappa shape index (κ1) is 13.5. The van der Waals surface area contributed by atoms with Gasteiger partial charge in [0.15, 0.2) is 5.58 Å². The Labute approximate surface area is 136 Å². The smallest absolute Gasteiger partial charge is 0.167 e. The molecule has 0 saturated carbocycles. The Morgan fingerprint density at radius 3 is 2.82 bits per heavy atom. The molecule has 0 fully saturated rings. The first-order valence-electron chi connectivity index (χ1n) is 6.85. The van der Waals surface area contributed by atoms with Crippen molar-refractivity contribution >= 4 is 34.1 Å². The third-order valence-electron chi connectivity index (χ3n) is 3.36. The van der Waals surface area contributed by atoms with Crippen molar-refractivity contribution in [3.05, 3.63) is 65.8 Å². The lowest BCUT2D eigenvalue weighted by Crippen LogP contribution is -1.80. The van der Waals surface area contributed by atoms with Gasteiger partial charge in [0.05, 0.1) is 15.8 Å². The van der Waals surface area contributed by atoms with E-state index < -0.39 is 0 Å². The first-order chi connectivity index (χ1) is 10.9. The molecule has 4 aromatic rings. The fourth-order valence-electron chi connectivity index (χ4n) is 2.26. The highest BCUT2D eigenvalue weighted by Gasteiger charge is 2.12. The molecule has 0 N–H and O–H groups in total. The van der Waals surface area contributed by atoms with Crippen LogP contribution in [0.2, 0.25) is 0 Å². The van der Waals surface area contributed by atoms with E-state index in [9.17, 15) is 0 Å². The van der Waals surface area contributed by atoms with E-state index in [-0.39, 0.29) is 0 Å². The number of hydrogen-bond acceptors (Lipinski definition) is 5. The predicted octanol–water partition coefficient (Wildman–Crippen LogP) is 5.24. The zero-order chi connectivity index (χ0) is 14.8. The highest BCUT2D eigenvalue weighted by atomic mass is 32.2. The van der Waals surface area contributed by atoms with Gasteiger partial charge in [-0.05, 0) is 23.8 Å². The summed E-state index contributed by atoms with van der Waals surface area (Å²) in [5, 5.41) is 5.23. The molecular weight excluding hydrogens is 312 g/mol. The molecule has 0 spiro atoms. The molecule has 0 saturated heterocycles. The maximum absolute atomic E-state index is 5.41. The molecule has 2 aromatic heterocycles. The third-order valence-corrected chi connectivity index (χ3v) is 5.20. The maximum atomic E-state index is 5.41. The minimum atomic E-state index is 0.812. The Morgan fingerprint density at radius 2 is 2.00 bits per heavy atom. The number of thioether (sulfide) groups is 1. The molecule has 3 nitrogen and oxygen atoms in total. The summed E-state index contributed by atoms with van der Waals surface area (Å²) in [6.45, 7) is 0. The van der Waals surface area contributed by atoms with Gasteiger partial charge in [0.2, 0.25) is 0 Å². The molecule has 22 heavy (non-hydrogen) atoms. The van der Waals surface area contributed by atoms with Gasteiger partial charge in [-0.3, -0.25) is 4.98 Å². The summed E-state index contributed by atoms with van der Waals surface area (Å²) in [6, 6.07) is 16.7. The second-order valence-corrected chi connectivity index (χ2v) is 6.76. The van der Waals surface area contributed by atoms with Crippen molar-refractivity contribution in [1.82, 2.24) is 10.1 Å². The van der Waals surface area contributed by atoms with Crippen LogP contribution in [0.4, 0.5) is 0 Å². The van der Waals surface area contributed by atoms with E-state index in [0.717, 1.165) is 27.3 Å². The molecule has 0 unspecified atom stereocenters. The number of aromatic nitrogens is 2. The van der Waals surface area contributed by atoms with E-state index in [1.54, 1.807) is 11.3 Å². The summed E-state index contributed by atoms with van der Waals surface area (Å²) >= 11 is 3.39. The topological polar surface area (TPSA) is 38.9 Å². The van der Waals surface area contributed by atoms with E-state index in [1.807, 2.05) is 35.6 Å². The SMILES string of the molecule is c1ccc(CSc2ccc3onc(-c4cncs4)c3c2)cc1. The summed E-state index contributed by atoms with van der Waals surface area (Å²) in [4.78, 5) is 6.36. The Balaban J connectivity index is 1.64. The normalized spacial score (nSPS) is 11.1. The summed E-state index contributed by atoms with van der Waals surface area (Å²) in [5.41, 5.74) is 4.82. The maximum Gasteiger partial charge on any atom is 0.167 e. The quantitative estimate of drug-likeness (QED) is 0.481. The minimum Gasteiger partial charge on any atom is -0.356 e. The van der Waals surface area contributed by atoms with Gasteiger partial charge in [-0.1, -0.05) is 35.5 Å². The third kappa shape index (κ3) is 2.65. The zero-order valence-electron chi connectivity index (χ0n) is 11.6. The number of benzene rings is 2. The van der Waals surface area contributed by atoms with Crippen LogP contribution in [0.1, 0.15) is 5.56 Å². The zero-order valence-corrected chi connectivity index (χ0v) is 13.2. The molecule has 0 atom stereocenters. The first-order valence-corrected chi connectivity index (χ1v) is 8.72. The van der Waals surface area contributed by atoms with Crippen molar-refractivity contribution in [3.63, 3.8) is 0 Å². The minimum absolute atomic E-state index is 0.812. The van der Waals surface area contributed by atoms with Crippen molar-refractivity contribution in [2.45, 2.75) is 10.6 Å². The van der Waals surface area contributed by atoms with Gasteiger partial charge in [-0.25, -0.2) is 0 Å². The Morgan fingerprint density at radius 1 is 1.09 bits per heavy atom. The standard InChI is InChI=1S/C17H12N2OS2/c1-2-4-12(5-3-1)10-21-13-6-7-15-14(8-13)17(19-20-15)16-9-18-11-22-16/h1-9,11H,10H2. The number of fused-ring (bicyclic) bond motifs is 1. The van der Waals surface area contributed by atoms with Gasteiger partial charge < -0.3 is 4.52 Å². The highest BCUT2D eigenvalue weighted by Crippen LogP contribution is 2.33. The summed E-state index contributed by atoms with van der Waals surface area (Å²) in [6.07, 6.45) is 1.83. The van der Waals surface area contributed by atoms with Crippen molar-refractivity contribution in [1.29, 1.82) is 0 Å². The monoisotopic (exact) mass is 324 g/mol. The molecule has 0 radical (unpaired) electrons. The number of hydrogen-bond donors (Lipinski definition) is 0. The lowest BCUT2D eigenvalue weighted by atomic mass is 10.2. The highest BCUT2D eigenvalue weighted by molar-refractivity contribution is 7.98. The molecule has 2 aromatic carbocycles. The van der Waals surface area contributed by atoms with Crippen molar-refractivity contribution in [2.24, 2.45) is 0 Å². The Hall–Kier alpha value is -2.11. The molecule has 5 heteroatoms. The molecule has 0 aliphatic carbocycles. The van der Waals surface area contributed by atoms with E-state index in [4.69, 9.17) is 4.52 Å². The van der Waals surface area contributed by atoms with Crippen LogP contribution < -0.4 is 0 Å². The van der Waals surface area contributed by atoms with Crippen LogP contribution in [-0.4, -0.2) is 10.1 Å². The number of thiazole rings is 1. The van der Waals surface area contributed by atoms with Gasteiger partial charge >= 0.3 is 0 Å². The molecule has 108 valence electrons. The van der Waals surface area contributed by atoms with Crippen LogP contribution in [0.3, 0.4) is 0 Å². The Bertz CT molecular complexity index is 886. The van der Waals surface area contributed by atoms with Gasteiger partial charge in [-0.2, -0.15) is 0 Å². The van der Waals surface area contributed by atoms with E-state index >= 15 is 0 Å². The van der Waals surface area contributed by atoms with Crippen LogP contribution in [0, 0.1) is 0 Å². The molecule has 0 aliphatic heterocycles. The fourth-order valence-corrected chi connectivity index (χ4v) is 3.77. The number of nitrogens with zero attached hydrogens (tertiary/aromatic N) is 2. The van der Waals surface area contributed by atoms with Crippen LogP contribution in [0.25, 0.3) is 21.5 Å². The molecule has 2 heterocycles. The summed E-state index contributed by atoms with van der Waals surface area (Å²) in [7, 11) is 0. The van der Waals surface area contributed by atoms with Crippen LogP contribution in [0.15, 0.2) is 69.7 Å². The van der Waals surface area contributed by atoms with Crippen molar-refractivity contribution in [2.75, 3.05) is 0 Å². The summed E-state index contributed by atoms with van der Waals surface area (Å²) in [5.74, 6) is 0.952. The van der Waals surface area contributed by atoms with E-state index in [2.05, 4.69) is 46.5 Å². The number of rotatable bonds is 4. The predicted molar refractivity (Wildman–Crippen MR) is 91.1 cm³/mol. The van der Waals surface area contributed by atoms with Gasteiger partial charge in [0.1, 0.15) is 5.69 Å². The van der Waals surface area contributed by atoms with Gasteiger partial charge in [0, 0.05) is 16.8 Å². The lowest BCUT2D eigenvalue weighted by molar-refractivity contribution is 0.459. The van der Waals surface area contributed by atoms with Crippen molar-refractivity contribution < 1.29 is 4.52 Å². The second-order valence-electron chi connectivity index (χ2n) is 4.83. The Kier molecular flexibility index (Phi) is 3.66. The molecule has 0 amide bonds. The second kappa shape index (κ2) is 5.94. The molecule has 0 bridgehead atoms. The van der Waals surface area contributed by atoms with Crippen molar-refractivity contribution in [3.8, 4) is 10.6 Å². The molecule has 0 aliphatic rings. The average molecular weight is 324 g/mol. The largest absolute Gasteiger partial charge is 0.356 e. The van der Waals surface area contributed by atoms with Crippen LogP contribution in [0.5, 0.6) is 0 Å². The summed E-state index contributed by atoms with van der Waals surface area (Å²) < 4.78 is 5.41.